The Morgan fingerprint density at radius 2 is 2.19 bits per heavy atom. The van der Waals surface area contributed by atoms with E-state index in [2.05, 4.69) is 4.98 Å². The first-order valence-corrected chi connectivity index (χ1v) is 8.98. The molecule has 1 aliphatic heterocycles. The van der Waals surface area contributed by atoms with Gasteiger partial charge in [0.2, 0.25) is 0 Å². The fourth-order valence-electron chi connectivity index (χ4n) is 2.29. The SMILES string of the molecule is CCC1COCC(=O)N1c1cc(CS(C)(=O)=O)cc(Cl)n1. The number of aromatic nitrogens is 1. The largest absolute Gasteiger partial charge is 0.369 e. The quantitative estimate of drug-likeness (QED) is 0.779. The summed E-state index contributed by atoms with van der Waals surface area (Å²) in [4.78, 5) is 17.8. The zero-order valence-electron chi connectivity index (χ0n) is 11.9. The van der Waals surface area contributed by atoms with Gasteiger partial charge < -0.3 is 4.74 Å². The number of carbonyl (C=O) groups is 1. The van der Waals surface area contributed by atoms with Gasteiger partial charge in [0.25, 0.3) is 5.91 Å². The molecule has 6 nitrogen and oxygen atoms in total. The third kappa shape index (κ3) is 4.15. The minimum atomic E-state index is -3.19. The first-order chi connectivity index (χ1) is 9.80. The minimum Gasteiger partial charge on any atom is -0.369 e. The van der Waals surface area contributed by atoms with Crippen LogP contribution in [0.2, 0.25) is 5.15 Å². The molecule has 1 atom stereocenters. The van der Waals surface area contributed by atoms with Crippen molar-refractivity contribution in [3.63, 3.8) is 0 Å². The van der Waals surface area contributed by atoms with Crippen LogP contribution in [0.4, 0.5) is 5.82 Å². The fourth-order valence-corrected chi connectivity index (χ4v) is 3.29. The molecule has 0 saturated carbocycles. The second kappa shape index (κ2) is 6.29. The van der Waals surface area contributed by atoms with Crippen molar-refractivity contribution >= 4 is 33.2 Å². The first-order valence-electron chi connectivity index (χ1n) is 6.54. The predicted molar refractivity (Wildman–Crippen MR) is 80.2 cm³/mol. The van der Waals surface area contributed by atoms with Crippen LogP contribution in [0.1, 0.15) is 18.9 Å². The Hall–Kier alpha value is -1.18. The third-order valence-corrected chi connectivity index (χ3v) is 4.21. The Balaban J connectivity index is 2.40. The van der Waals surface area contributed by atoms with Crippen molar-refractivity contribution in [3.8, 4) is 0 Å². The highest BCUT2D eigenvalue weighted by Gasteiger charge is 2.30. The second-order valence-corrected chi connectivity index (χ2v) is 7.59. The molecule has 0 bridgehead atoms. The standard InChI is InChI=1S/C13H17ClN2O4S/c1-3-10-6-20-7-13(17)16(10)12-5-9(4-11(14)15-12)8-21(2,18)19/h4-5,10H,3,6-8H2,1-2H3. The summed E-state index contributed by atoms with van der Waals surface area (Å²) < 4.78 is 28.1. The molecule has 1 saturated heterocycles. The zero-order valence-corrected chi connectivity index (χ0v) is 13.4. The molecule has 0 aliphatic carbocycles. The van der Waals surface area contributed by atoms with Gasteiger partial charge in [-0.2, -0.15) is 0 Å². The molecule has 1 unspecified atom stereocenters. The van der Waals surface area contributed by atoms with Crippen LogP contribution in [-0.2, 0) is 25.1 Å². The third-order valence-electron chi connectivity index (χ3n) is 3.16. The predicted octanol–water partition coefficient (Wildman–Crippen LogP) is 1.42. The monoisotopic (exact) mass is 332 g/mol. The summed E-state index contributed by atoms with van der Waals surface area (Å²) in [5, 5.41) is 0.167. The number of amides is 1. The number of nitrogens with zero attached hydrogens (tertiary/aromatic N) is 2. The number of pyridine rings is 1. The van der Waals surface area contributed by atoms with Crippen molar-refractivity contribution in [1.29, 1.82) is 0 Å². The smallest absolute Gasteiger partial charge is 0.254 e. The summed E-state index contributed by atoms with van der Waals surface area (Å²) in [6.45, 7) is 2.37. The first kappa shape index (κ1) is 16.2. The van der Waals surface area contributed by atoms with E-state index in [1.54, 1.807) is 11.0 Å². The van der Waals surface area contributed by atoms with Crippen LogP contribution in [-0.4, -0.2) is 44.8 Å². The van der Waals surface area contributed by atoms with E-state index in [0.29, 0.717) is 24.4 Å². The Bertz CT molecular complexity index is 648. The lowest BCUT2D eigenvalue weighted by Crippen LogP contribution is -2.49. The van der Waals surface area contributed by atoms with Crippen molar-refractivity contribution in [2.75, 3.05) is 24.4 Å². The molecule has 1 fully saturated rings. The van der Waals surface area contributed by atoms with Crippen LogP contribution < -0.4 is 4.90 Å². The van der Waals surface area contributed by atoms with Gasteiger partial charge in [-0.1, -0.05) is 18.5 Å². The number of hydrogen-bond acceptors (Lipinski definition) is 5. The molecule has 2 heterocycles. The molecule has 116 valence electrons. The highest BCUT2D eigenvalue weighted by atomic mass is 35.5. The van der Waals surface area contributed by atoms with Crippen molar-refractivity contribution < 1.29 is 17.9 Å². The van der Waals surface area contributed by atoms with E-state index in [0.717, 1.165) is 6.26 Å². The van der Waals surface area contributed by atoms with E-state index in [9.17, 15) is 13.2 Å². The molecule has 8 heteroatoms. The normalized spacial score (nSPS) is 19.9. The average molecular weight is 333 g/mol. The maximum atomic E-state index is 12.1. The van der Waals surface area contributed by atoms with Gasteiger partial charge in [0.15, 0.2) is 9.84 Å². The van der Waals surface area contributed by atoms with Gasteiger partial charge >= 0.3 is 0 Å². The van der Waals surface area contributed by atoms with Crippen LogP contribution in [0.3, 0.4) is 0 Å². The van der Waals surface area contributed by atoms with Crippen LogP contribution in [0.25, 0.3) is 0 Å². The molecular weight excluding hydrogens is 316 g/mol. The van der Waals surface area contributed by atoms with Crippen molar-refractivity contribution in [2.45, 2.75) is 25.1 Å². The van der Waals surface area contributed by atoms with Crippen LogP contribution in [0, 0.1) is 0 Å². The lowest BCUT2D eigenvalue weighted by molar-refractivity contribution is -0.127. The molecule has 0 radical (unpaired) electrons. The van der Waals surface area contributed by atoms with Gasteiger partial charge in [0.05, 0.1) is 18.4 Å². The van der Waals surface area contributed by atoms with Gasteiger partial charge in [-0.05, 0) is 24.1 Å². The number of carbonyl (C=O) groups excluding carboxylic acids is 1. The van der Waals surface area contributed by atoms with E-state index in [1.807, 2.05) is 6.92 Å². The van der Waals surface area contributed by atoms with Crippen molar-refractivity contribution in [1.82, 2.24) is 4.98 Å². The number of halogens is 1. The molecule has 0 aromatic carbocycles. The van der Waals surface area contributed by atoms with Gasteiger partial charge in [0.1, 0.15) is 17.6 Å². The molecule has 2 rings (SSSR count). The molecule has 0 N–H and O–H groups in total. The molecule has 1 aromatic rings. The summed E-state index contributed by atoms with van der Waals surface area (Å²) >= 11 is 5.96. The van der Waals surface area contributed by atoms with Crippen molar-refractivity contribution in [3.05, 3.63) is 22.8 Å². The van der Waals surface area contributed by atoms with E-state index in [4.69, 9.17) is 16.3 Å². The molecular formula is C13H17ClN2O4S. The van der Waals surface area contributed by atoms with E-state index in [1.165, 1.54) is 6.07 Å². The maximum Gasteiger partial charge on any atom is 0.254 e. The lowest BCUT2D eigenvalue weighted by Gasteiger charge is -2.34. The Morgan fingerprint density at radius 3 is 2.81 bits per heavy atom. The summed E-state index contributed by atoms with van der Waals surface area (Å²) in [7, 11) is -3.19. The Kier molecular flexibility index (Phi) is 4.85. The Labute approximate surface area is 129 Å². The number of hydrogen-bond donors (Lipinski definition) is 0. The summed E-state index contributed by atoms with van der Waals surface area (Å²) in [6, 6.07) is 2.97. The summed E-state index contributed by atoms with van der Waals surface area (Å²) in [5.74, 6) is 0.0341. The van der Waals surface area contributed by atoms with Gasteiger partial charge in [-0.25, -0.2) is 13.4 Å². The number of ether oxygens (including phenoxy) is 1. The molecule has 0 spiro atoms. The summed E-state index contributed by atoms with van der Waals surface area (Å²) in [6.07, 6.45) is 1.86. The maximum absolute atomic E-state index is 12.1. The highest BCUT2D eigenvalue weighted by Crippen LogP contribution is 2.24. The molecule has 1 aromatic heterocycles. The van der Waals surface area contributed by atoms with Crippen LogP contribution in [0.5, 0.6) is 0 Å². The van der Waals surface area contributed by atoms with E-state index >= 15 is 0 Å². The lowest BCUT2D eigenvalue weighted by atomic mass is 10.1. The highest BCUT2D eigenvalue weighted by molar-refractivity contribution is 7.89. The second-order valence-electron chi connectivity index (χ2n) is 5.07. The van der Waals surface area contributed by atoms with Crippen LogP contribution >= 0.6 is 11.6 Å². The number of sulfone groups is 1. The van der Waals surface area contributed by atoms with Gasteiger partial charge in [-0.3, -0.25) is 9.69 Å². The van der Waals surface area contributed by atoms with Crippen molar-refractivity contribution in [2.24, 2.45) is 0 Å². The number of anilines is 1. The van der Waals surface area contributed by atoms with Gasteiger partial charge in [0, 0.05) is 6.26 Å². The molecule has 21 heavy (non-hydrogen) atoms. The topological polar surface area (TPSA) is 76.6 Å². The summed E-state index contributed by atoms with van der Waals surface area (Å²) in [5.41, 5.74) is 0.515. The zero-order chi connectivity index (χ0) is 15.6. The Morgan fingerprint density at radius 1 is 1.48 bits per heavy atom. The fraction of sp³-hybridized carbons (Fsp3) is 0.538. The number of morpholine rings is 1. The van der Waals surface area contributed by atoms with E-state index in [-0.39, 0.29) is 29.5 Å². The number of rotatable bonds is 4. The molecule has 1 amide bonds. The minimum absolute atomic E-state index is 0.00783. The van der Waals surface area contributed by atoms with E-state index < -0.39 is 9.84 Å². The van der Waals surface area contributed by atoms with Crippen LogP contribution in [0.15, 0.2) is 12.1 Å². The van der Waals surface area contributed by atoms with Gasteiger partial charge in [-0.15, -0.1) is 0 Å². The molecule has 1 aliphatic rings. The average Bonchev–Trinajstić information content (AvgIpc) is 2.35.